The number of rotatable bonds is 5. The van der Waals surface area contributed by atoms with Gasteiger partial charge in [0, 0.05) is 10.8 Å². The fraction of sp³-hybridized carbons (Fsp3) is 0.154. The normalized spacial score (nSPS) is 11.2. The molecule has 0 bridgehead atoms. The number of anilines is 1. The Balaban J connectivity index is 1.62. The molecule has 0 aliphatic heterocycles. The first-order valence-corrected chi connectivity index (χ1v) is 11.5. The van der Waals surface area contributed by atoms with E-state index in [1.807, 2.05) is 50.2 Å². The Bertz CT molecular complexity index is 1620. The molecule has 0 aliphatic rings. The molecule has 0 aliphatic carbocycles. The van der Waals surface area contributed by atoms with E-state index in [4.69, 9.17) is 21.3 Å². The van der Waals surface area contributed by atoms with Crippen molar-refractivity contribution in [2.45, 2.75) is 20.8 Å². The van der Waals surface area contributed by atoms with Crippen LogP contribution in [0.25, 0.3) is 27.6 Å². The second kappa shape index (κ2) is 8.88. The van der Waals surface area contributed by atoms with Gasteiger partial charge in [0.2, 0.25) is 0 Å². The molecule has 3 aromatic heterocycles. The van der Waals surface area contributed by atoms with E-state index in [0.717, 1.165) is 27.4 Å². The fourth-order valence-corrected chi connectivity index (χ4v) is 4.30. The highest BCUT2D eigenvalue weighted by Crippen LogP contribution is 2.27. The van der Waals surface area contributed by atoms with Gasteiger partial charge in [0.25, 0.3) is 5.91 Å². The van der Waals surface area contributed by atoms with Crippen molar-refractivity contribution in [3.63, 3.8) is 0 Å². The predicted molar refractivity (Wildman–Crippen MR) is 136 cm³/mol. The molecule has 0 unspecified atom stereocenters. The molecule has 3 heterocycles. The van der Waals surface area contributed by atoms with Gasteiger partial charge in [-0.15, -0.1) is 0 Å². The van der Waals surface area contributed by atoms with Crippen LogP contribution in [-0.4, -0.2) is 38.2 Å². The van der Waals surface area contributed by atoms with E-state index in [2.05, 4.69) is 15.4 Å². The van der Waals surface area contributed by atoms with Crippen LogP contribution in [0.3, 0.4) is 0 Å². The minimum atomic E-state index is -0.595. The van der Waals surface area contributed by atoms with E-state index < -0.39 is 11.9 Å². The monoisotopic (exact) mass is 487 g/mol. The molecular formula is C26H22ClN5O3. The quantitative estimate of drug-likeness (QED) is 0.314. The third kappa shape index (κ3) is 4.02. The number of H-pyrrole nitrogens is 1. The van der Waals surface area contributed by atoms with E-state index in [9.17, 15) is 9.59 Å². The number of esters is 1. The van der Waals surface area contributed by atoms with Crippen molar-refractivity contribution in [1.82, 2.24) is 19.7 Å². The topological polar surface area (TPSA) is 102 Å². The first kappa shape index (κ1) is 22.6. The van der Waals surface area contributed by atoms with Crippen molar-refractivity contribution in [3.05, 3.63) is 82.1 Å². The number of carbonyl (C=O) groups is 2. The Kier molecular flexibility index (Phi) is 5.74. The molecule has 0 saturated carbocycles. The Morgan fingerprint density at radius 1 is 1.11 bits per heavy atom. The number of pyridine rings is 1. The van der Waals surface area contributed by atoms with Crippen LogP contribution in [-0.2, 0) is 4.74 Å². The van der Waals surface area contributed by atoms with Gasteiger partial charge in [-0.25, -0.2) is 9.78 Å². The SMILES string of the molecule is CCOC(=O)c1cnn(-c2cc(C)c3cccc(C)c3n2)c1NC(=O)c1cc2cccc(Cl)c2[nH]1. The van der Waals surface area contributed by atoms with Crippen LogP contribution in [0.1, 0.15) is 38.9 Å². The molecular weight excluding hydrogens is 466 g/mol. The van der Waals surface area contributed by atoms with Gasteiger partial charge in [0.1, 0.15) is 11.3 Å². The van der Waals surface area contributed by atoms with Crippen LogP contribution in [0.5, 0.6) is 0 Å². The first-order chi connectivity index (χ1) is 16.9. The van der Waals surface area contributed by atoms with Gasteiger partial charge in [0.15, 0.2) is 11.6 Å². The number of hydrogen-bond donors (Lipinski definition) is 2. The number of aromatic amines is 1. The Hall–Kier alpha value is -4.17. The summed E-state index contributed by atoms with van der Waals surface area (Å²) in [5.74, 6) is -0.423. The Labute approximate surface area is 205 Å². The number of aryl methyl sites for hydroxylation is 2. The molecule has 0 saturated heterocycles. The highest BCUT2D eigenvalue weighted by molar-refractivity contribution is 6.35. The van der Waals surface area contributed by atoms with Crippen molar-refractivity contribution < 1.29 is 14.3 Å². The minimum Gasteiger partial charge on any atom is -0.462 e. The van der Waals surface area contributed by atoms with Gasteiger partial charge >= 0.3 is 5.97 Å². The molecule has 176 valence electrons. The summed E-state index contributed by atoms with van der Waals surface area (Å²) in [4.78, 5) is 33.7. The Morgan fingerprint density at radius 3 is 2.69 bits per heavy atom. The molecule has 2 aromatic carbocycles. The average Bonchev–Trinajstić information content (AvgIpc) is 3.45. The van der Waals surface area contributed by atoms with E-state index in [1.54, 1.807) is 19.1 Å². The van der Waals surface area contributed by atoms with E-state index >= 15 is 0 Å². The number of nitrogens with zero attached hydrogens (tertiary/aromatic N) is 3. The first-order valence-electron chi connectivity index (χ1n) is 11.1. The van der Waals surface area contributed by atoms with Gasteiger partial charge in [-0.05, 0) is 50.1 Å². The summed E-state index contributed by atoms with van der Waals surface area (Å²) in [5, 5.41) is 9.52. The average molecular weight is 488 g/mol. The van der Waals surface area contributed by atoms with Crippen molar-refractivity contribution >= 4 is 51.1 Å². The van der Waals surface area contributed by atoms with Gasteiger partial charge in [-0.1, -0.05) is 41.9 Å². The highest BCUT2D eigenvalue weighted by atomic mass is 35.5. The predicted octanol–water partition coefficient (Wildman–Crippen LogP) is 5.60. The number of para-hydroxylation sites is 2. The lowest BCUT2D eigenvalue weighted by Gasteiger charge is -2.12. The number of carbonyl (C=O) groups excluding carboxylic acids is 2. The lowest BCUT2D eigenvalue weighted by Crippen LogP contribution is -2.19. The number of amides is 1. The van der Waals surface area contributed by atoms with Crippen molar-refractivity contribution in [3.8, 4) is 5.82 Å². The zero-order valence-electron chi connectivity index (χ0n) is 19.3. The molecule has 0 radical (unpaired) electrons. The van der Waals surface area contributed by atoms with Crippen molar-refractivity contribution in [2.75, 3.05) is 11.9 Å². The smallest absolute Gasteiger partial charge is 0.343 e. The van der Waals surface area contributed by atoms with Crippen LogP contribution in [0.2, 0.25) is 5.02 Å². The van der Waals surface area contributed by atoms with Gasteiger partial charge in [-0.2, -0.15) is 9.78 Å². The van der Waals surface area contributed by atoms with E-state index in [-0.39, 0.29) is 23.7 Å². The molecule has 35 heavy (non-hydrogen) atoms. The fourth-order valence-electron chi connectivity index (χ4n) is 4.07. The maximum absolute atomic E-state index is 13.2. The van der Waals surface area contributed by atoms with Crippen LogP contribution >= 0.6 is 11.6 Å². The number of benzene rings is 2. The molecule has 5 aromatic rings. The molecule has 9 heteroatoms. The lowest BCUT2D eigenvalue weighted by atomic mass is 10.1. The maximum atomic E-state index is 13.2. The number of hydrogen-bond acceptors (Lipinski definition) is 5. The summed E-state index contributed by atoms with van der Waals surface area (Å²) < 4.78 is 6.64. The lowest BCUT2D eigenvalue weighted by molar-refractivity contribution is 0.0527. The number of ether oxygens (including phenoxy) is 1. The highest BCUT2D eigenvalue weighted by Gasteiger charge is 2.24. The van der Waals surface area contributed by atoms with Gasteiger partial charge in [-0.3, -0.25) is 4.79 Å². The van der Waals surface area contributed by atoms with Crippen LogP contribution in [0, 0.1) is 13.8 Å². The number of aromatic nitrogens is 4. The summed E-state index contributed by atoms with van der Waals surface area (Å²) in [5.41, 5.74) is 3.88. The van der Waals surface area contributed by atoms with Crippen LogP contribution in [0.4, 0.5) is 5.82 Å². The molecule has 0 fully saturated rings. The van der Waals surface area contributed by atoms with Gasteiger partial charge < -0.3 is 15.0 Å². The maximum Gasteiger partial charge on any atom is 0.343 e. The second-order valence-corrected chi connectivity index (χ2v) is 8.56. The summed E-state index contributed by atoms with van der Waals surface area (Å²) in [7, 11) is 0. The van der Waals surface area contributed by atoms with Crippen molar-refractivity contribution in [2.24, 2.45) is 0 Å². The third-order valence-corrected chi connectivity index (χ3v) is 6.11. The zero-order chi connectivity index (χ0) is 24.7. The minimum absolute atomic E-state index is 0.124. The number of nitrogens with one attached hydrogen (secondary N) is 2. The largest absolute Gasteiger partial charge is 0.462 e. The summed E-state index contributed by atoms with van der Waals surface area (Å²) in [6.07, 6.45) is 1.37. The summed E-state index contributed by atoms with van der Waals surface area (Å²) >= 11 is 6.25. The van der Waals surface area contributed by atoms with Gasteiger partial charge in [0.05, 0.1) is 28.9 Å². The van der Waals surface area contributed by atoms with E-state index in [1.165, 1.54) is 10.9 Å². The van der Waals surface area contributed by atoms with E-state index in [0.29, 0.717) is 16.4 Å². The molecule has 5 rings (SSSR count). The molecule has 8 nitrogen and oxygen atoms in total. The molecule has 2 N–H and O–H groups in total. The van der Waals surface area contributed by atoms with Crippen molar-refractivity contribution in [1.29, 1.82) is 0 Å². The number of halogens is 1. The van der Waals surface area contributed by atoms with Crippen LogP contribution < -0.4 is 5.32 Å². The standard InChI is InChI=1S/C26H22ClN5O3/c1-4-35-26(34)18-13-28-32(21-11-15(3)17-9-5-7-14(2)22(17)30-21)24(18)31-25(33)20-12-16-8-6-10-19(27)23(16)29-20/h5-13,29H,4H2,1-3H3,(H,31,33). The molecule has 1 amide bonds. The summed E-state index contributed by atoms with van der Waals surface area (Å²) in [6.45, 7) is 5.86. The van der Waals surface area contributed by atoms with Crippen LogP contribution in [0.15, 0.2) is 54.7 Å². The zero-order valence-corrected chi connectivity index (χ0v) is 20.1. The summed E-state index contributed by atoms with van der Waals surface area (Å²) in [6, 6.07) is 14.9. The molecule has 0 atom stereocenters. The number of fused-ring (bicyclic) bond motifs is 2. The second-order valence-electron chi connectivity index (χ2n) is 8.15. The Morgan fingerprint density at radius 2 is 1.91 bits per heavy atom. The third-order valence-electron chi connectivity index (χ3n) is 5.80. The molecule has 0 spiro atoms.